The van der Waals surface area contributed by atoms with E-state index < -0.39 is 0 Å². The molecule has 110 valence electrons. The third-order valence-electron chi connectivity index (χ3n) is 3.54. The predicted octanol–water partition coefficient (Wildman–Crippen LogP) is 0.162. The van der Waals surface area contributed by atoms with E-state index >= 15 is 0 Å². The first-order valence-corrected chi connectivity index (χ1v) is 6.98. The fourth-order valence-electron chi connectivity index (χ4n) is 2.44. The van der Waals surface area contributed by atoms with Crippen molar-refractivity contribution in [2.75, 3.05) is 38.1 Å². The first-order valence-electron chi connectivity index (χ1n) is 6.60. The monoisotopic (exact) mass is 297 g/mol. The van der Waals surface area contributed by atoms with E-state index in [4.69, 9.17) is 17.3 Å². The number of allylic oxidation sites excluding steroid dienone is 1. The normalized spacial score (nSPS) is 20.1. The maximum Gasteiger partial charge on any atom is 0.287 e. The van der Waals surface area contributed by atoms with Crippen LogP contribution in [-0.4, -0.2) is 53.9 Å². The Kier molecular flexibility index (Phi) is 4.80. The topological polar surface area (TPSA) is 67.4 Å². The average Bonchev–Trinajstić information content (AvgIpc) is 2.45. The first kappa shape index (κ1) is 15.0. The number of hydrogen-bond acceptors (Lipinski definition) is 5. The van der Waals surface area contributed by atoms with E-state index in [1.54, 1.807) is 12.3 Å². The number of anilines is 1. The standard InChI is InChI=1S/C13H20ClN5O/c1-3-4-19-13(20)12(14)11(8-16-19)18-6-5-17(2)9-10(18)7-15/h3,8,10H,1,4-7,9,15H2,2H3. The second-order valence-corrected chi connectivity index (χ2v) is 5.34. The summed E-state index contributed by atoms with van der Waals surface area (Å²) >= 11 is 6.22. The molecule has 1 aliphatic rings. The number of rotatable bonds is 4. The van der Waals surface area contributed by atoms with Crippen LogP contribution >= 0.6 is 11.6 Å². The van der Waals surface area contributed by atoms with Gasteiger partial charge in [0.1, 0.15) is 5.02 Å². The first-order chi connectivity index (χ1) is 9.58. The van der Waals surface area contributed by atoms with Crippen molar-refractivity contribution in [1.82, 2.24) is 14.7 Å². The molecule has 20 heavy (non-hydrogen) atoms. The van der Waals surface area contributed by atoms with Gasteiger partial charge in [0, 0.05) is 26.2 Å². The van der Waals surface area contributed by atoms with Crippen LogP contribution in [0, 0.1) is 0 Å². The summed E-state index contributed by atoms with van der Waals surface area (Å²) in [6.07, 6.45) is 3.25. The van der Waals surface area contributed by atoms with Gasteiger partial charge in [-0.05, 0) is 7.05 Å². The molecule has 0 aliphatic carbocycles. The molecule has 0 spiro atoms. The van der Waals surface area contributed by atoms with Crippen LogP contribution in [0.4, 0.5) is 5.69 Å². The lowest BCUT2D eigenvalue weighted by Crippen LogP contribution is -2.55. The van der Waals surface area contributed by atoms with Crippen molar-refractivity contribution in [3.05, 3.63) is 34.2 Å². The van der Waals surface area contributed by atoms with Gasteiger partial charge >= 0.3 is 0 Å². The minimum Gasteiger partial charge on any atom is -0.362 e. The molecule has 0 radical (unpaired) electrons. The minimum atomic E-state index is -0.293. The van der Waals surface area contributed by atoms with Crippen LogP contribution in [0.25, 0.3) is 0 Å². The molecule has 2 heterocycles. The Hall–Kier alpha value is -1.37. The molecule has 7 heteroatoms. The number of aromatic nitrogens is 2. The fourth-order valence-corrected chi connectivity index (χ4v) is 2.69. The molecule has 1 fully saturated rings. The average molecular weight is 298 g/mol. The van der Waals surface area contributed by atoms with E-state index in [0.29, 0.717) is 18.8 Å². The Morgan fingerprint density at radius 1 is 1.60 bits per heavy atom. The molecule has 1 aliphatic heterocycles. The second-order valence-electron chi connectivity index (χ2n) is 4.96. The molecular weight excluding hydrogens is 278 g/mol. The SMILES string of the molecule is C=CCn1ncc(N2CCN(C)CC2CN)c(Cl)c1=O. The quantitative estimate of drug-likeness (QED) is 0.802. The van der Waals surface area contributed by atoms with Crippen molar-refractivity contribution in [2.24, 2.45) is 5.73 Å². The third kappa shape index (κ3) is 2.87. The predicted molar refractivity (Wildman–Crippen MR) is 81.4 cm³/mol. The van der Waals surface area contributed by atoms with Crippen LogP contribution in [0.5, 0.6) is 0 Å². The molecule has 1 saturated heterocycles. The summed E-state index contributed by atoms with van der Waals surface area (Å²) in [6.45, 7) is 6.99. The summed E-state index contributed by atoms with van der Waals surface area (Å²) < 4.78 is 1.30. The van der Waals surface area contributed by atoms with Gasteiger partial charge in [-0.2, -0.15) is 5.10 Å². The zero-order chi connectivity index (χ0) is 14.7. The highest BCUT2D eigenvalue weighted by Crippen LogP contribution is 2.24. The van der Waals surface area contributed by atoms with Crippen LogP contribution in [0.1, 0.15) is 0 Å². The van der Waals surface area contributed by atoms with Gasteiger partial charge in [-0.15, -0.1) is 6.58 Å². The molecular formula is C13H20ClN5O. The van der Waals surface area contributed by atoms with Crippen molar-refractivity contribution < 1.29 is 0 Å². The summed E-state index contributed by atoms with van der Waals surface area (Å²) in [5, 5.41) is 4.34. The van der Waals surface area contributed by atoms with E-state index in [-0.39, 0.29) is 16.6 Å². The van der Waals surface area contributed by atoms with Crippen LogP contribution in [0.2, 0.25) is 5.02 Å². The number of piperazine rings is 1. The molecule has 0 saturated carbocycles. The third-order valence-corrected chi connectivity index (χ3v) is 3.89. The molecule has 0 bridgehead atoms. The molecule has 2 N–H and O–H groups in total. The number of likely N-dealkylation sites (N-methyl/N-ethyl adjacent to an activating group) is 1. The maximum atomic E-state index is 12.1. The summed E-state index contributed by atoms with van der Waals surface area (Å²) in [5.74, 6) is 0. The van der Waals surface area contributed by atoms with E-state index in [0.717, 1.165) is 19.6 Å². The molecule has 1 unspecified atom stereocenters. The fraction of sp³-hybridized carbons (Fsp3) is 0.538. The maximum absolute atomic E-state index is 12.1. The van der Waals surface area contributed by atoms with Crippen molar-refractivity contribution >= 4 is 17.3 Å². The van der Waals surface area contributed by atoms with Crippen LogP contribution in [0.3, 0.4) is 0 Å². The van der Waals surface area contributed by atoms with Gasteiger partial charge in [-0.25, -0.2) is 4.68 Å². The highest BCUT2D eigenvalue weighted by Gasteiger charge is 2.27. The highest BCUT2D eigenvalue weighted by atomic mass is 35.5. The minimum absolute atomic E-state index is 0.141. The van der Waals surface area contributed by atoms with Gasteiger partial charge in [-0.1, -0.05) is 17.7 Å². The van der Waals surface area contributed by atoms with Crippen LogP contribution in [-0.2, 0) is 6.54 Å². The molecule has 0 aromatic carbocycles. The molecule has 1 aromatic rings. The molecule has 6 nitrogen and oxygen atoms in total. The van der Waals surface area contributed by atoms with E-state index in [2.05, 4.69) is 28.5 Å². The Bertz CT molecular complexity index is 544. The largest absolute Gasteiger partial charge is 0.362 e. The smallest absolute Gasteiger partial charge is 0.287 e. The Labute approximate surface area is 123 Å². The summed E-state index contributed by atoms with van der Waals surface area (Å²) in [6, 6.07) is 0.141. The Balaban J connectivity index is 2.35. The number of hydrogen-bond donors (Lipinski definition) is 1. The number of nitrogens with zero attached hydrogens (tertiary/aromatic N) is 4. The molecule has 0 amide bonds. The highest BCUT2D eigenvalue weighted by molar-refractivity contribution is 6.33. The summed E-state index contributed by atoms with van der Waals surface area (Å²) in [4.78, 5) is 16.4. The van der Waals surface area contributed by atoms with E-state index in [9.17, 15) is 4.79 Å². The van der Waals surface area contributed by atoms with Gasteiger partial charge in [0.25, 0.3) is 5.56 Å². The van der Waals surface area contributed by atoms with Crippen molar-refractivity contribution in [2.45, 2.75) is 12.6 Å². The van der Waals surface area contributed by atoms with Crippen LogP contribution < -0.4 is 16.2 Å². The van der Waals surface area contributed by atoms with E-state index in [1.807, 2.05) is 0 Å². The van der Waals surface area contributed by atoms with Crippen molar-refractivity contribution in [1.29, 1.82) is 0 Å². The number of halogens is 1. The summed E-state index contributed by atoms with van der Waals surface area (Å²) in [7, 11) is 2.06. The lowest BCUT2D eigenvalue weighted by Gasteiger charge is -2.41. The Morgan fingerprint density at radius 2 is 2.35 bits per heavy atom. The second kappa shape index (κ2) is 6.39. The summed E-state index contributed by atoms with van der Waals surface area (Å²) in [5.41, 5.74) is 6.20. The molecule has 1 atom stereocenters. The van der Waals surface area contributed by atoms with Crippen LogP contribution in [0.15, 0.2) is 23.6 Å². The van der Waals surface area contributed by atoms with Gasteiger partial charge in [0.15, 0.2) is 0 Å². The van der Waals surface area contributed by atoms with Crippen molar-refractivity contribution in [3.63, 3.8) is 0 Å². The number of nitrogens with two attached hydrogens (primary N) is 1. The van der Waals surface area contributed by atoms with Gasteiger partial charge < -0.3 is 15.5 Å². The molecule has 2 rings (SSSR count). The molecule has 1 aromatic heterocycles. The van der Waals surface area contributed by atoms with Gasteiger partial charge in [-0.3, -0.25) is 4.79 Å². The van der Waals surface area contributed by atoms with E-state index in [1.165, 1.54) is 4.68 Å². The van der Waals surface area contributed by atoms with Crippen molar-refractivity contribution in [3.8, 4) is 0 Å². The van der Waals surface area contributed by atoms with Gasteiger partial charge in [0.2, 0.25) is 0 Å². The Morgan fingerprint density at radius 3 is 3.00 bits per heavy atom. The zero-order valence-electron chi connectivity index (χ0n) is 11.6. The zero-order valence-corrected chi connectivity index (χ0v) is 12.4. The lowest BCUT2D eigenvalue weighted by molar-refractivity contribution is 0.269. The van der Waals surface area contributed by atoms with Gasteiger partial charge in [0.05, 0.1) is 24.5 Å². The lowest BCUT2D eigenvalue weighted by atomic mass is 10.1.